The molecule has 0 spiro atoms. The highest BCUT2D eigenvalue weighted by atomic mass is 32.1. The SMILES string of the molecule is CCOCCCNc1ncc(-c2ccsc2)c(-c2nccs2)n1. The van der Waals surface area contributed by atoms with Crippen LogP contribution in [0.2, 0.25) is 0 Å². The first-order valence-corrected chi connectivity index (χ1v) is 9.32. The lowest BCUT2D eigenvalue weighted by Gasteiger charge is -2.09. The Labute approximate surface area is 143 Å². The Balaban J connectivity index is 1.80. The number of hydrogen-bond acceptors (Lipinski definition) is 7. The van der Waals surface area contributed by atoms with Gasteiger partial charge in [-0.2, -0.15) is 11.3 Å². The highest BCUT2D eigenvalue weighted by Crippen LogP contribution is 2.32. The minimum atomic E-state index is 0.630. The van der Waals surface area contributed by atoms with Gasteiger partial charge in [-0.05, 0) is 35.7 Å². The Morgan fingerprint density at radius 1 is 1.26 bits per heavy atom. The van der Waals surface area contributed by atoms with Crippen LogP contribution < -0.4 is 5.32 Å². The number of nitrogens with one attached hydrogen (secondary N) is 1. The summed E-state index contributed by atoms with van der Waals surface area (Å²) < 4.78 is 5.33. The van der Waals surface area contributed by atoms with Crippen LogP contribution in [0.3, 0.4) is 0 Å². The van der Waals surface area contributed by atoms with Crippen LogP contribution in [0.25, 0.3) is 21.8 Å². The van der Waals surface area contributed by atoms with Crippen molar-refractivity contribution in [3.8, 4) is 21.8 Å². The third-order valence-electron chi connectivity index (χ3n) is 3.21. The Morgan fingerprint density at radius 2 is 2.22 bits per heavy atom. The molecule has 0 aliphatic rings. The Hall–Kier alpha value is -1.83. The molecule has 23 heavy (non-hydrogen) atoms. The predicted molar refractivity (Wildman–Crippen MR) is 96.1 cm³/mol. The van der Waals surface area contributed by atoms with E-state index in [1.807, 2.05) is 18.5 Å². The fourth-order valence-electron chi connectivity index (χ4n) is 2.12. The van der Waals surface area contributed by atoms with Gasteiger partial charge in [-0.3, -0.25) is 0 Å². The molecule has 7 heteroatoms. The number of aromatic nitrogens is 3. The van der Waals surface area contributed by atoms with Gasteiger partial charge in [-0.15, -0.1) is 11.3 Å². The van der Waals surface area contributed by atoms with Crippen molar-refractivity contribution in [1.29, 1.82) is 0 Å². The predicted octanol–water partition coefficient (Wildman–Crippen LogP) is 4.17. The fraction of sp³-hybridized carbons (Fsp3) is 0.312. The lowest BCUT2D eigenvalue weighted by atomic mass is 10.1. The second-order valence-electron chi connectivity index (χ2n) is 4.78. The first-order chi connectivity index (χ1) is 11.4. The van der Waals surface area contributed by atoms with Crippen molar-refractivity contribution in [1.82, 2.24) is 15.0 Å². The maximum Gasteiger partial charge on any atom is 0.223 e. The molecule has 0 saturated heterocycles. The Bertz CT molecular complexity index is 714. The molecule has 120 valence electrons. The van der Waals surface area contributed by atoms with Crippen LogP contribution >= 0.6 is 22.7 Å². The van der Waals surface area contributed by atoms with Gasteiger partial charge in [-0.1, -0.05) is 0 Å². The zero-order valence-electron chi connectivity index (χ0n) is 12.9. The van der Waals surface area contributed by atoms with Crippen LogP contribution in [0.5, 0.6) is 0 Å². The number of anilines is 1. The summed E-state index contributed by atoms with van der Waals surface area (Å²) in [6.45, 7) is 4.28. The van der Waals surface area contributed by atoms with Crippen molar-refractivity contribution in [2.24, 2.45) is 0 Å². The van der Waals surface area contributed by atoms with E-state index in [0.29, 0.717) is 5.95 Å². The summed E-state index contributed by atoms with van der Waals surface area (Å²) in [4.78, 5) is 13.5. The highest BCUT2D eigenvalue weighted by Gasteiger charge is 2.13. The topological polar surface area (TPSA) is 59.9 Å². The third kappa shape index (κ3) is 4.13. The van der Waals surface area contributed by atoms with Crippen LogP contribution in [0.1, 0.15) is 13.3 Å². The number of thiazole rings is 1. The van der Waals surface area contributed by atoms with Crippen molar-refractivity contribution in [3.63, 3.8) is 0 Å². The largest absolute Gasteiger partial charge is 0.382 e. The van der Waals surface area contributed by atoms with E-state index in [4.69, 9.17) is 4.74 Å². The number of thiophene rings is 1. The van der Waals surface area contributed by atoms with Gasteiger partial charge in [-0.25, -0.2) is 15.0 Å². The van der Waals surface area contributed by atoms with Crippen molar-refractivity contribution >= 4 is 28.6 Å². The normalized spacial score (nSPS) is 10.8. The Kier molecular flexibility index (Phi) is 5.68. The molecule has 0 amide bonds. The minimum absolute atomic E-state index is 0.630. The molecule has 3 aromatic heterocycles. The summed E-state index contributed by atoms with van der Waals surface area (Å²) in [6.07, 6.45) is 4.60. The first kappa shape index (κ1) is 16.0. The number of hydrogen-bond donors (Lipinski definition) is 1. The van der Waals surface area contributed by atoms with Crippen LogP contribution in [-0.2, 0) is 4.74 Å². The standard InChI is InChI=1S/C16H18N4OS2/c1-2-21-7-3-5-18-16-19-10-13(12-4-8-22-11-12)14(20-16)15-17-6-9-23-15/h4,6,8-11H,2-3,5,7H2,1H3,(H,18,19,20). The third-order valence-corrected chi connectivity index (χ3v) is 4.67. The zero-order chi connectivity index (χ0) is 15.9. The van der Waals surface area contributed by atoms with Gasteiger partial charge in [0, 0.05) is 43.1 Å². The van der Waals surface area contributed by atoms with E-state index in [1.54, 1.807) is 28.9 Å². The quantitative estimate of drug-likeness (QED) is 0.620. The molecule has 0 saturated carbocycles. The molecular formula is C16H18N4OS2. The molecule has 0 fully saturated rings. The molecule has 0 aromatic carbocycles. The van der Waals surface area contributed by atoms with Gasteiger partial charge in [0.15, 0.2) is 0 Å². The van der Waals surface area contributed by atoms with E-state index in [0.717, 1.165) is 48.0 Å². The van der Waals surface area contributed by atoms with Crippen LogP contribution in [-0.4, -0.2) is 34.7 Å². The summed E-state index contributed by atoms with van der Waals surface area (Å²) in [5.74, 6) is 0.630. The van der Waals surface area contributed by atoms with Crippen LogP contribution in [0, 0.1) is 0 Å². The second-order valence-corrected chi connectivity index (χ2v) is 6.46. The van der Waals surface area contributed by atoms with Crippen molar-refractivity contribution in [2.75, 3.05) is 25.1 Å². The summed E-state index contributed by atoms with van der Waals surface area (Å²) in [5, 5.41) is 10.3. The summed E-state index contributed by atoms with van der Waals surface area (Å²) in [7, 11) is 0. The molecule has 0 atom stereocenters. The van der Waals surface area contributed by atoms with Gasteiger partial charge in [0.1, 0.15) is 10.7 Å². The second kappa shape index (κ2) is 8.14. The van der Waals surface area contributed by atoms with Crippen molar-refractivity contribution < 1.29 is 4.74 Å². The molecule has 0 bridgehead atoms. The number of rotatable bonds is 8. The summed E-state index contributed by atoms with van der Waals surface area (Å²) in [6, 6.07) is 2.08. The lowest BCUT2D eigenvalue weighted by molar-refractivity contribution is 0.147. The van der Waals surface area contributed by atoms with Crippen LogP contribution in [0.4, 0.5) is 5.95 Å². The van der Waals surface area contributed by atoms with E-state index in [2.05, 4.69) is 37.1 Å². The fourth-order valence-corrected chi connectivity index (χ4v) is 3.41. The minimum Gasteiger partial charge on any atom is -0.382 e. The van der Waals surface area contributed by atoms with Gasteiger partial charge < -0.3 is 10.1 Å². The zero-order valence-corrected chi connectivity index (χ0v) is 14.5. The molecule has 5 nitrogen and oxygen atoms in total. The van der Waals surface area contributed by atoms with Gasteiger partial charge >= 0.3 is 0 Å². The summed E-state index contributed by atoms with van der Waals surface area (Å²) >= 11 is 3.25. The Morgan fingerprint density at radius 3 is 2.96 bits per heavy atom. The van der Waals surface area contributed by atoms with E-state index in [-0.39, 0.29) is 0 Å². The summed E-state index contributed by atoms with van der Waals surface area (Å²) in [5.41, 5.74) is 3.02. The molecule has 0 unspecified atom stereocenters. The number of ether oxygens (including phenoxy) is 1. The molecular weight excluding hydrogens is 328 g/mol. The van der Waals surface area contributed by atoms with Crippen LogP contribution in [0.15, 0.2) is 34.6 Å². The molecule has 0 radical (unpaired) electrons. The van der Waals surface area contributed by atoms with E-state index >= 15 is 0 Å². The maximum atomic E-state index is 5.33. The van der Waals surface area contributed by atoms with Gasteiger partial charge in [0.25, 0.3) is 0 Å². The molecule has 3 rings (SSSR count). The average Bonchev–Trinajstić information content (AvgIpc) is 3.28. The maximum absolute atomic E-state index is 5.33. The molecule has 0 aliphatic carbocycles. The molecule has 0 aliphatic heterocycles. The van der Waals surface area contributed by atoms with E-state index in [1.165, 1.54) is 0 Å². The van der Waals surface area contributed by atoms with Crippen molar-refractivity contribution in [2.45, 2.75) is 13.3 Å². The molecule has 3 heterocycles. The molecule has 3 aromatic rings. The highest BCUT2D eigenvalue weighted by molar-refractivity contribution is 7.13. The van der Waals surface area contributed by atoms with E-state index in [9.17, 15) is 0 Å². The average molecular weight is 346 g/mol. The number of nitrogens with zero attached hydrogens (tertiary/aromatic N) is 3. The van der Waals surface area contributed by atoms with Gasteiger partial charge in [0.05, 0.1) is 0 Å². The van der Waals surface area contributed by atoms with Gasteiger partial charge in [0.2, 0.25) is 5.95 Å². The van der Waals surface area contributed by atoms with Crippen molar-refractivity contribution in [3.05, 3.63) is 34.6 Å². The smallest absolute Gasteiger partial charge is 0.223 e. The van der Waals surface area contributed by atoms with E-state index < -0.39 is 0 Å². The first-order valence-electron chi connectivity index (χ1n) is 7.49. The molecule has 1 N–H and O–H groups in total. The monoisotopic (exact) mass is 346 g/mol. The lowest BCUT2D eigenvalue weighted by Crippen LogP contribution is -2.09.